The molecular weight excluding hydrogens is 640 g/mol. The highest BCUT2D eigenvalue weighted by molar-refractivity contribution is 5.83. The molecule has 5 aromatic carbocycles. The number of hydrogen-bond acceptors (Lipinski definition) is 6. The van der Waals surface area contributed by atoms with Gasteiger partial charge in [0.05, 0.1) is 18.8 Å². The minimum Gasteiger partial charge on any atom is -0.481 e. The number of nitrogens with zero attached hydrogens (tertiary/aromatic N) is 1. The third kappa shape index (κ3) is 9.48. The third-order valence-electron chi connectivity index (χ3n) is 9.75. The lowest BCUT2D eigenvalue weighted by atomic mass is 9.98. The molecule has 0 saturated carbocycles. The minimum atomic E-state index is -0.897. The number of fused-ring (bicyclic) bond motifs is 1. The molecule has 3 N–H and O–H groups in total. The van der Waals surface area contributed by atoms with E-state index in [1.54, 1.807) is 0 Å². The fraction of sp³-hybridized carbons (Fsp3) is 0.302. The van der Waals surface area contributed by atoms with Crippen molar-refractivity contribution in [3.63, 3.8) is 0 Å². The number of carbonyl (C=O) groups excluding carboxylic acids is 1. The zero-order valence-electron chi connectivity index (χ0n) is 29.2. The highest BCUT2D eigenvalue weighted by Crippen LogP contribution is 2.39. The molecule has 0 spiro atoms. The number of hydrogen-bond donors (Lipinski definition) is 3. The Balaban J connectivity index is 1.15. The number of carbonyl (C=O) groups is 2. The maximum atomic E-state index is 12.2. The predicted octanol–water partition coefficient (Wildman–Crippen LogP) is 8.11. The van der Waals surface area contributed by atoms with Crippen LogP contribution in [0.15, 0.2) is 115 Å². The van der Waals surface area contributed by atoms with Gasteiger partial charge in [-0.2, -0.15) is 0 Å². The van der Waals surface area contributed by atoms with E-state index < -0.39 is 12.3 Å². The van der Waals surface area contributed by atoms with E-state index in [9.17, 15) is 14.7 Å². The lowest BCUT2D eigenvalue weighted by molar-refractivity contribution is -0.253. The highest BCUT2D eigenvalue weighted by Gasteiger charge is 2.33. The molecule has 264 valence electrons. The third-order valence-corrected chi connectivity index (χ3v) is 9.75. The molecule has 51 heavy (non-hydrogen) atoms. The lowest BCUT2D eigenvalue weighted by Crippen LogP contribution is -2.38. The Morgan fingerprint density at radius 2 is 1.55 bits per heavy atom. The van der Waals surface area contributed by atoms with E-state index in [-0.39, 0.29) is 43.6 Å². The molecule has 5 aromatic rings. The predicted molar refractivity (Wildman–Crippen MR) is 199 cm³/mol. The van der Waals surface area contributed by atoms with Crippen LogP contribution in [0, 0.1) is 0 Å². The number of aliphatic hydroxyl groups excluding tert-OH is 1. The van der Waals surface area contributed by atoms with Crippen LogP contribution in [0.5, 0.6) is 0 Å². The van der Waals surface area contributed by atoms with Gasteiger partial charge in [0, 0.05) is 44.0 Å². The number of ether oxygens (including phenoxy) is 2. The van der Waals surface area contributed by atoms with Gasteiger partial charge in [-0.05, 0) is 76.7 Å². The van der Waals surface area contributed by atoms with Gasteiger partial charge < -0.3 is 25.0 Å². The summed E-state index contributed by atoms with van der Waals surface area (Å²) in [5, 5.41) is 23.8. The van der Waals surface area contributed by atoms with Gasteiger partial charge in [0.1, 0.15) is 0 Å². The summed E-state index contributed by atoms with van der Waals surface area (Å²) in [5.74, 6) is -1.06. The zero-order chi connectivity index (χ0) is 35.7. The lowest BCUT2D eigenvalue weighted by Gasteiger charge is -2.39. The number of aliphatic hydroxyl groups is 1. The smallest absolute Gasteiger partial charge is 0.303 e. The molecule has 0 bridgehead atoms. The van der Waals surface area contributed by atoms with Crippen molar-refractivity contribution in [3.8, 4) is 11.1 Å². The van der Waals surface area contributed by atoms with Crippen molar-refractivity contribution in [1.82, 2.24) is 10.2 Å². The van der Waals surface area contributed by atoms with Crippen molar-refractivity contribution in [2.45, 2.75) is 70.3 Å². The fourth-order valence-corrected chi connectivity index (χ4v) is 6.62. The second kappa shape index (κ2) is 16.9. The van der Waals surface area contributed by atoms with Crippen LogP contribution in [-0.4, -0.2) is 46.7 Å². The van der Waals surface area contributed by atoms with E-state index in [1.807, 2.05) is 54.6 Å². The summed E-state index contributed by atoms with van der Waals surface area (Å²) in [7, 11) is 2.15. The van der Waals surface area contributed by atoms with E-state index in [2.05, 4.69) is 84.9 Å². The molecule has 1 fully saturated rings. The monoisotopic (exact) mass is 686 g/mol. The van der Waals surface area contributed by atoms with Gasteiger partial charge >= 0.3 is 5.97 Å². The maximum Gasteiger partial charge on any atom is 0.303 e. The normalized spacial score (nSPS) is 18.1. The molecule has 6 rings (SSSR count). The number of rotatable bonds is 14. The van der Waals surface area contributed by atoms with Crippen LogP contribution in [0.1, 0.15) is 78.9 Å². The van der Waals surface area contributed by atoms with Crippen molar-refractivity contribution in [3.05, 3.63) is 143 Å². The average Bonchev–Trinajstić information content (AvgIpc) is 3.16. The van der Waals surface area contributed by atoms with Gasteiger partial charge in [-0.1, -0.05) is 103 Å². The maximum absolute atomic E-state index is 12.2. The van der Waals surface area contributed by atoms with Crippen molar-refractivity contribution in [2.24, 2.45) is 0 Å². The second-order valence-corrected chi connectivity index (χ2v) is 13.4. The molecule has 1 amide bonds. The van der Waals surface area contributed by atoms with Gasteiger partial charge in [-0.3, -0.25) is 14.5 Å². The minimum absolute atomic E-state index is 0.00386. The molecule has 1 aliphatic heterocycles. The summed E-state index contributed by atoms with van der Waals surface area (Å²) in [6.07, 6.45) is 0.361. The van der Waals surface area contributed by atoms with Crippen molar-refractivity contribution >= 4 is 22.6 Å². The first kappa shape index (κ1) is 35.9. The van der Waals surface area contributed by atoms with E-state index >= 15 is 0 Å². The van der Waals surface area contributed by atoms with E-state index in [0.717, 1.165) is 39.9 Å². The zero-order valence-corrected chi connectivity index (χ0v) is 29.2. The molecule has 0 radical (unpaired) electrons. The van der Waals surface area contributed by atoms with Crippen LogP contribution in [0.3, 0.4) is 0 Å². The van der Waals surface area contributed by atoms with Gasteiger partial charge in [0.15, 0.2) is 6.29 Å². The van der Waals surface area contributed by atoms with Crippen LogP contribution < -0.4 is 5.32 Å². The Morgan fingerprint density at radius 3 is 2.29 bits per heavy atom. The number of aliphatic carboxylic acids is 1. The quantitative estimate of drug-likeness (QED) is 0.108. The number of benzene rings is 5. The first-order valence-corrected chi connectivity index (χ1v) is 17.6. The summed E-state index contributed by atoms with van der Waals surface area (Å²) in [4.78, 5) is 25.2. The van der Waals surface area contributed by atoms with E-state index in [4.69, 9.17) is 14.6 Å². The van der Waals surface area contributed by atoms with E-state index in [1.165, 1.54) is 16.3 Å². The Labute approximate surface area is 299 Å². The van der Waals surface area contributed by atoms with Gasteiger partial charge in [0.2, 0.25) is 5.91 Å². The number of carboxylic acid groups (broad SMARTS) is 1. The molecular formula is C43H46N2O6. The number of nitrogens with one attached hydrogen (secondary N) is 1. The summed E-state index contributed by atoms with van der Waals surface area (Å²) in [6.45, 7) is 3.32. The topological polar surface area (TPSA) is 108 Å². The Kier molecular flexibility index (Phi) is 11.9. The van der Waals surface area contributed by atoms with Crippen molar-refractivity contribution in [2.75, 3.05) is 13.6 Å². The number of likely N-dealkylation sites (N-methyl/N-ethyl adjacent to an activating group) is 1. The number of carboxylic acids is 1. The highest BCUT2D eigenvalue weighted by atomic mass is 16.7. The average molecular weight is 687 g/mol. The Bertz CT molecular complexity index is 1930. The van der Waals surface area contributed by atoms with Crippen molar-refractivity contribution < 1.29 is 29.3 Å². The molecule has 1 heterocycles. The molecule has 0 unspecified atom stereocenters. The van der Waals surface area contributed by atoms with Gasteiger partial charge in [-0.15, -0.1) is 0 Å². The first-order valence-electron chi connectivity index (χ1n) is 17.6. The SMILES string of the molecule is C[C@H](c1ccc2ccccc2c1)N(C)C[C@H]1C[C@@H](c2ccc(CO)cc2)O[C@@H](c2ccc(-c3cccc(CNC(=O)CCCC(=O)O)c3)cc2)O1. The first-order chi connectivity index (χ1) is 24.7. The Morgan fingerprint density at radius 1 is 0.804 bits per heavy atom. The molecule has 8 heteroatoms. The second-order valence-electron chi connectivity index (χ2n) is 13.4. The number of amides is 1. The molecule has 0 aromatic heterocycles. The van der Waals surface area contributed by atoms with Crippen LogP contribution in [0.4, 0.5) is 0 Å². The van der Waals surface area contributed by atoms with Gasteiger partial charge in [-0.25, -0.2) is 0 Å². The van der Waals surface area contributed by atoms with Gasteiger partial charge in [0.25, 0.3) is 0 Å². The van der Waals surface area contributed by atoms with Crippen LogP contribution >= 0.6 is 0 Å². The van der Waals surface area contributed by atoms with Crippen LogP contribution in [0.2, 0.25) is 0 Å². The molecule has 0 aliphatic carbocycles. The largest absolute Gasteiger partial charge is 0.481 e. The molecule has 1 aliphatic rings. The van der Waals surface area contributed by atoms with Crippen LogP contribution in [0.25, 0.3) is 21.9 Å². The molecule has 1 saturated heterocycles. The summed E-state index contributed by atoms with van der Waals surface area (Å²) < 4.78 is 13.3. The standard InChI is InChI=1S/C43H46N2O6/c1-29(36-22-19-32-8-3-4-9-38(32)24-36)45(2)27-39-25-40(34-15-13-30(28-46)14-16-34)51-43(50-39)35-20-17-33(18-21-35)37-10-5-7-31(23-37)26-44-41(47)11-6-12-42(48)49/h3-5,7-10,13-24,29,39-40,43,46H,6,11-12,25-28H2,1-2H3,(H,44,47)(H,48,49)/t29-,39-,40+,43+/m1/s1. The summed E-state index contributed by atoms with van der Waals surface area (Å²) in [5.41, 5.74) is 7.11. The fourth-order valence-electron chi connectivity index (χ4n) is 6.62. The molecule has 8 nitrogen and oxygen atoms in total. The summed E-state index contributed by atoms with van der Waals surface area (Å²) in [6, 6.07) is 39.5. The molecule has 4 atom stereocenters. The Hall–Kier alpha value is -4.86. The summed E-state index contributed by atoms with van der Waals surface area (Å²) >= 11 is 0. The van der Waals surface area contributed by atoms with Crippen molar-refractivity contribution in [1.29, 1.82) is 0 Å². The van der Waals surface area contributed by atoms with Crippen LogP contribution in [-0.2, 0) is 32.2 Å². The van der Waals surface area contributed by atoms with E-state index in [0.29, 0.717) is 19.4 Å².